The minimum atomic E-state index is -0.0192. The number of halogens is 1. The molecular formula is C18H25BrN2O3. The van der Waals surface area contributed by atoms with Gasteiger partial charge >= 0.3 is 0 Å². The predicted octanol–water partition coefficient (Wildman–Crippen LogP) is 2.21. The highest BCUT2D eigenvalue weighted by atomic mass is 79.9. The number of rotatable bonds is 9. The first-order chi connectivity index (χ1) is 11.7. The first kappa shape index (κ1) is 19.1. The number of nitrogens with zero attached hydrogens (tertiary/aromatic N) is 1. The van der Waals surface area contributed by atoms with Crippen LogP contribution in [0.5, 0.6) is 0 Å². The summed E-state index contributed by atoms with van der Waals surface area (Å²) in [4.78, 5) is 14.7. The second-order valence-corrected chi connectivity index (χ2v) is 6.66. The van der Waals surface area contributed by atoms with Crippen LogP contribution in [0, 0.1) is 0 Å². The quantitative estimate of drug-likeness (QED) is 0.494. The summed E-state index contributed by atoms with van der Waals surface area (Å²) in [5, 5.41) is 12.4. The molecule has 0 bridgehead atoms. The highest BCUT2D eigenvalue weighted by molar-refractivity contribution is 9.10. The summed E-state index contributed by atoms with van der Waals surface area (Å²) in [7, 11) is 0. The van der Waals surface area contributed by atoms with Gasteiger partial charge in [-0.1, -0.05) is 15.9 Å². The third-order valence-electron chi connectivity index (χ3n) is 3.92. The SMILES string of the molecule is O=C(/C=C(\CCCO)NCCN1CCOCC1)c1ccc(Br)cc1. The molecule has 1 heterocycles. The molecular weight excluding hydrogens is 372 g/mol. The van der Waals surface area contributed by atoms with Gasteiger partial charge in [0, 0.05) is 54.6 Å². The van der Waals surface area contributed by atoms with Gasteiger partial charge in [-0.2, -0.15) is 0 Å². The molecule has 132 valence electrons. The minimum absolute atomic E-state index is 0.0192. The summed E-state index contributed by atoms with van der Waals surface area (Å²) in [6.45, 7) is 5.31. The van der Waals surface area contributed by atoms with Crippen LogP contribution < -0.4 is 5.32 Å². The van der Waals surface area contributed by atoms with E-state index in [1.165, 1.54) is 0 Å². The molecule has 2 rings (SSSR count). The van der Waals surface area contributed by atoms with E-state index in [0.717, 1.165) is 49.6 Å². The molecule has 24 heavy (non-hydrogen) atoms. The Kier molecular flexibility index (Phi) is 8.45. The van der Waals surface area contributed by atoms with Crippen molar-refractivity contribution >= 4 is 21.7 Å². The number of carbonyl (C=O) groups is 1. The van der Waals surface area contributed by atoms with Crippen molar-refractivity contribution in [3.63, 3.8) is 0 Å². The number of ketones is 1. The van der Waals surface area contributed by atoms with Crippen LogP contribution >= 0.6 is 15.9 Å². The number of carbonyl (C=O) groups excluding carboxylic acids is 1. The molecule has 1 aromatic rings. The summed E-state index contributed by atoms with van der Waals surface area (Å²) in [5.74, 6) is -0.0192. The van der Waals surface area contributed by atoms with Gasteiger partial charge in [-0.3, -0.25) is 9.69 Å². The molecule has 0 saturated carbocycles. The molecule has 5 nitrogen and oxygen atoms in total. The maximum atomic E-state index is 12.4. The average Bonchev–Trinajstić information content (AvgIpc) is 2.61. The molecule has 6 heteroatoms. The van der Waals surface area contributed by atoms with Crippen molar-refractivity contribution in [1.29, 1.82) is 0 Å². The zero-order valence-corrected chi connectivity index (χ0v) is 15.4. The molecule has 2 N–H and O–H groups in total. The number of hydrogen-bond acceptors (Lipinski definition) is 5. The van der Waals surface area contributed by atoms with E-state index in [0.29, 0.717) is 18.4 Å². The molecule has 0 unspecified atom stereocenters. The summed E-state index contributed by atoms with van der Waals surface area (Å²) >= 11 is 3.37. The van der Waals surface area contributed by atoms with Crippen molar-refractivity contribution in [2.45, 2.75) is 12.8 Å². The molecule has 1 fully saturated rings. The summed E-state index contributed by atoms with van der Waals surface area (Å²) < 4.78 is 6.29. The van der Waals surface area contributed by atoms with Crippen LogP contribution in [0.15, 0.2) is 40.5 Å². The van der Waals surface area contributed by atoms with Gasteiger partial charge in [0.05, 0.1) is 13.2 Å². The number of ether oxygens (including phenoxy) is 1. The highest BCUT2D eigenvalue weighted by Gasteiger charge is 2.10. The maximum Gasteiger partial charge on any atom is 0.187 e. The van der Waals surface area contributed by atoms with Crippen molar-refractivity contribution in [3.8, 4) is 0 Å². The van der Waals surface area contributed by atoms with Crippen molar-refractivity contribution < 1.29 is 14.6 Å². The Balaban J connectivity index is 1.90. The first-order valence-electron chi connectivity index (χ1n) is 8.34. The molecule has 0 amide bonds. The van der Waals surface area contributed by atoms with E-state index in [9.17, 15) is 4.79 Å². The highest BCUT2D eigenvalue weighted by Crippen LogP contribution is 2.12. The van der Waals surface area contributed by atoms with E-state index in [2.05, 4.69) is 26.1 Å². The lowest BCUT2D eigenvalue weighted by Gasteiger charge is -2.26. The normalized spacial score (nSPS) is 16.2. The Hall–Kier alpha value is -1.21. The van der Waals surface area contributed by atoms with Gasteiger partial charge in [0.25, 0.3) is 0 Å². The topological polar surface area (TPSA) is 61.8 Å². The zero-order chi connectivity index (χ0) is 17.2. The van der Waals surface area contributed by atoms with Crippen molar-refractivity contribution in [2.24, 2.45) is 0 Å². The zero-order valence-electron chi connectivity index (χ0n) is 13.8. The molecule has 0 atom stereocenters. The molecule has 0 radical (unpaired) electrons. The number of aliphatic hydroxyl groups excluding tert-OH is 1. The Morgan fingerprint density at radius 2 is 2.00 bits per heavy atom. The average molecular weight is 397 g/mol. The van der Waals surface area contributed by atoms with E-state index in [1.807, 2.05) is 12.1 Å². The molecule has 1 saturated heterocycles. The van der Waals surface area contributed by atoms with Gasteiger partial charge in [0.1, 0.15) is 0 Å². The number of aliphatic hydroxyl groups is 1. The lowest BCUT2D eigenvalue weighted by atomic mass is 10.1. The van der Waals surface area contributed by atoms with Gasteiger partial charge in [0.15, 0.2) is 5.78 Å². The van der Waals surface area contributed by atoms with Crippen LogP contribution in [0.4, 0.5) is 0 Å². The fraction of sp³-hybridized carbons (Fsp3) is 0.500. The fourth-order valence-electron chi connectivity index (χ4n) is 2.54. The number of benzene rings is 1. The Morgan fingerprint density at radius 3 is 2.67 bits per heavy atom. The summed E-state index contributed by atoms with van der Waals surface area (Å²) in [6.07, 6.45) is 2.96. The Bertz CT molecular complexity index is 540. The lowest BCUT2D eigenvalue weighted by molar-refractivity contribution is 0.0387. The van der Waals surface area contributed by atoms with Crippen LogP contribution in [0.2, 0.25) is 0 Å². The van der Waals surface area contributed by atoms with E-state index < -0.39 is 0 Å². The summed E-state index contributed by atoms with van der Waals surface area (Å²) in [6, 6.07) is 7.33. The van der Waals surface area contributed by atoms with Crippen LogP contribution in [0.1, 0.15) is 23.2 Å². The largest absolute Gasteiger partial charge is 0.396 e. The molecule has 1 aromatic carbocycles. The van der Waals surface area contributed by atoms with Gasteiger partial charge in [-0.15, -0.1) is 0 Å². The van der Waals surface area contributed by atoms with Gasteiger partial charge in [-0.05, 0) is 37.1 Å². The lowest BCUT2D eigenvalue weighted by Crippen LogP contribution is -2.40. The smallest absolute Gasteiger partial charge is 0.187 e. The molecule has 0 spiro atoms. The number of hydrogen-bond donors (Lipinski definition) is 2. The minimum Gasteiger partial charge on any atom is -0.396 e. The van der Waals surface area contributed by atoms with E-state index in [-0.39, 0.29) is 12.4 Å². The number of nitrogens with one attached hydrogen (secondary N) is 1. The van der Waals surface area contributed by atoms with Gasteiger partial charge in [-0.25, -0.2) is 0 Å². The number of allylic oxidation sites excluding steroid dienone is 2. The molecule has 1 aliphatic rings. The second kappa shape index (κ2) is 10.6. The van der Waals surface area contributed by atoms with Crippen LogP contribution in [0.3, 0.4) is 0 Å². The predicted molar refractivity (Wildman–Crippen MR) is 98.1 cm³/mol. The molecule has 0 aliphatic carbocycles. The Labute approximate surface area is 151 Å². The number of morpholine rings is 1. The maximum absolute atomic E-state index is 12.4. The molecule has 1 aliphatic heterocycles. The second-order valence-electron chi connectivity index (χ2n) is 5.75. The van der Waals surface area contributed by atoms with E-state index in [1.54, 1.807) is 18.2 Å². The standard InChI is InChI=1S/C18H25BrN2O3/c19-16-5-3-15(4-6-16)18(23)14-17(2-1-11-22)20-7-8-21-9-12-24-13-10-21/h3-6,14,20,22H,1-2,7-13H2/b17-14+. The van der Waals surface area contributed by atoms with Crippen LogP contribution in [-0.2, 0) is 4.74 Å². The Morgan fingerprint density at radius 1 is 1.29 bits per heavy atom. The van der Waals surface area contributed by atoms with Gasteiger partial charge in [0.2, 0.25) is 0 Å². The van der Waals surface area contributed by atoms with Crippen LogP contribution in [0.25, 0.3) is 0 Å². The van der Waals surface area contributed by atoms with Crippen molar-refractivity contribution in [2.75, 3.05) is 46.0 Å². The van der Waals surface area contributed by atoms with Gasteiger partial charge < -0.3 is 15.2 Å². The third kappa shape index (κ3) is 6.73. The first-order valence-corrected chi connectivity index (χ1v) is 9.13. The fourth-order valence-corrected chi connectivity index (χ4v) is 2.80. The van der Waals surface area contributed by atoms with E-state index >= 15 is 0 Å². The third-order valence-corrected chi connectivity index (χ3v) is 4.45. The van der Waals surface area contributed by atoms with Crippen LogP contribution in [-0.4, -0.2) is 61.8 Å². The summed E-state index contributed by atoms with van der Waals surface area (Å²) in [5.41, 5.74) is 1.54. The monoisotopic (exact) mass is 396 g/mol. The van der Waals surface area contributed by atoms with Crippen molar-refractivity contribution in [3.05, 3.63) is 46.1 Å². The van der Waals surface area contributed by atoms with E-state index in [4.69, 9.17) is 9.84 Å². The van der Waals surface area contributed by atoms with Crippen molar-refractivity contribution in [1.82, 2.24) is 10.2 Å². The molecule has 0 aromatic heterocycles.